The number of benzene rings is 1. The number of aromatic hydroxyl groups is 1. The average Bonchev–Trinajstić information content (AvgIpc) is 3.60. The number of allylic oxidation sites excluding steroid dienone is 1. The molecular formula is C26H30FN3O6. The van der Waals surface area contributed by atoms with Gasteiger partial charge in [-0.15, -0.1) is 0 Å². The number of carbonyl (C=O) groups excluding carboxylic acids is 3. The van der Waals surface area contributed by atoms with Crippen molar-refractivity contribution >= 4 is 23.2 Å². The summed E-state index contributed by atoms with van der Waals surface area (Å²) >= 11 is 0. The zero-order chi connectivity index (χ0) is 26.0. The number of halogens is 1. The number of aliphatic hydroxyl groups is 2. The molecule has 4 aliphatic carbocycles. The summed E-state index contributed by atoms with van der Waals surface area (Å²) in [6.45, 7) is 0.984. The standard InChI is InChI=1S/C26H30FN3O6/c1-30(2)21-14-6-11-5-13-17(15(31)7-12(20(13)27)9-29-8-10-3-4-10)22(32)16(11)23(33)18(14)24(34)19(25(21)35)26(28)36/h7,10-11,14,18,21,29,31-32,35H,3-6,8-9H2,1-2H3,(H2,28,36)/t11-,14+,18?,21-/m0/s1. The summed E-state index contributed by atoms with van der Waals surface area (Å²) in [5.74, 6) is -6.70. The maximum atomic E-state index is 15.6. The second kappa shape index (κ2) is 8.70. The Morgan fingerprint density at radius 2 is 1.89 bits per heavy atom. The van der Waals surface area contributed by atoms with Crippen LogP contribution < -0.4 is 11.1 Å². The van der Waals surface area contributed by atoms with E-state index in [9.17, 15) is 29.7 Å². The molecule has 0 aromatic heterocycles. The summed E-state index contributed by atoms with van der Waals surface area (Å²) < 4.78 is 15.6. The Morgan fingerprint density at radius 3 is 2.50 bits per heavy atom. The molecule has 0 aliphatic heterocycles. The van der Waals surface area contributed by atoms with Crippen molar-refractivity contribution < 1.29 is 34.1 Å². The van der Waals surface area contributed by atoms with Crippen LogP contribution in [0.5, 0.6) is 5.75 Å². The monoisotopic (exact) mass is 499 g/mol. The fraction of sp³-hybridized carbons (Fsp3) is 0.500. The molecule has 0 spiro atoms. The quantitative estimate of drug-likeness (QED) is 0.292. The number of rotatable bonds is 6. The largest absolute Gasteiger partial charge is 0.510 e. The number of nitrogens with one attached hydrogen (secondary N) is 1. The number of ketones is 2. The van der Waals surface area contributed by atoms with E-state index in [0.29, 0.717) is 5.92 Å². The second-order valence-electron chi connectivity index (χ2n) is 10.6. The summed E-state index contributed by atoms with van der Waals surface area (Å²) in [4.78, 5) is 40.4. The highest BCUT2D eigenvalue weighted by Gasteiger charge is 2.55. The lowest BCUT2D eigenvalue weighted by Crippen LogP contribution is -2.55. The number of carbonyl (C=O) groups is 3. The molecule has 192 valence electrons. The van der Waals surface area contributed by atoms with Gasteiger partial charge in [-0.2, -0.15) is 0 Å². The molecule has 1 unspecified atom stereocenters. The SMILES string of the molecule is CN(C)[C@@H]1C(O)=C(C(N)=O)C(=O)C2C(=O)C3=C(O)c4c(O)cc(CNCC5CC5)c(F)c4C[C@H]3C[C@H]21. The molecule has 36 heavy (non-hydrogen) atoms. The van der Waals surface area contributed by atoms with Gasteiger partial charge in [-0.25, -0.2) is 4.39 Å². The summed E-state index contributed by atoms with van der Waals surface area (Å²) in [6, 6.07) is 0.418. The van der Waals surface area contributed by atoms with E-state index in [1.807, 2.05) is 0 Å². The summed E-state index contributed by atoms with van der Waals surface area (Å²) in [5, 5.41) is 35.8. The third-order valence-electron chi connectivity index (χ3n) is 8.02. The Hall–Kier alpha value is -3.24. The smallest absolute Gasteiger partial charge is 0.255 e. The second-order valence-corrected chi connectivity index (χ2v) is 10.6. The van der Waals surface area contributed by atoms with Crippen molar-refractivity contribution in [3.8, 4) is 5.75 Å². The van der Waals surface area contributed by atoms with Crippen LogP contribution in [0, 0.1) is 29.5 Å². The average molecular weight is 500 g/mol. The van der Waals surface area contributed by atoms with E-state index in [4.69, 9.17) is 5.73 Å². The maximum Gasteiger partial charge on any atom is 0.255 e. The number of phenolic OH excluding ortho intramolecular Hbond substituents is 1. The van der Waals surface area contributed by atoms with Gasteiger partial charge in [0.1, 0.15) is 28.7 Å². The van der Waals surface area contributed by atoms with Crippen LogP contribution in [-0.2, 0) is 27.3 Å². The van der Waals surface area contributed by atoms with Crippen molar-refractivity contribution in [2.75, 3.05) is 20.6 Å². The van der Waals surface area contributed by atoms with Crippen molar-refractivity contribution in [2.45, 2.75) is 38.3 Å². The minimum Gasteiger partial charge on any atom is -0.510 e. The van der Waals surface area contributed by atoms with Gasteiger partial charge in [0.25, 0.3) is 5.91 Å². The van der Waals surface area contributed by atoms with Crippen LogP contribution in [0.3, 0.4) is 0 Å². The predicted octanol–water partition coefficient (Wildman–Crippen LogP) is 1.49. The molecule has 1 aromatic rings. The number of primary amides is 1. The number of aliphatic hydroxyl groups excluding tert-OH is 2. The van der Waals surface area contributed by atoms with E-state index < -0.39 is 64.2 Å². The summed E-state index contributed by atoms with van der Waals surface area (Å²) in [5.41, 5.74) is 4.93. The Bertz CT molecular complexity index is 1250. The first kappa shape index (κ1) is 24.5. The Labute approximate surface area is 207 Å². The number of hydrogen-bond donors (Lipinski definition) is 5. The number of hydrogen-bond acceptors (Lipinski definition) is 8. The van der Waals surface area contributed by atoms with Gasteiger partial charge in [-0.05, 0) is 70.1 Å². The van der Waals surface area contributed by atoms with Crippen molar-refractivity contribution in [3.63, 3.8) is 0 Å². The molecule has 0 saturated heterocycles. The van der Waals surface area contributed by atoms with Crippen molar-refractivity contribution in [1.82, 2.24) is 10.2 Å². The number of likely N-dealkylation sites (N-methyl/N-ethyl adjacent to an activating group) is 1. The van der Waals surface area contributed by atoms with Gasteiger partial charge in [0.15, 0.2) is 11.6 Å². The van der Waals surface area contributed by atoms with Crippen molar-refractivity contribution in [2.24, 2.45) is 29.4 Å². The van der Waals surface area contributed by atoms with Crippen molar-refractivity contribution in [1.29, 1.82) is 0 Å². The van der Waals surface area contributed by atoms with Crippen LogP contribution in [0.1, 0.15) is 36.0 Å². The Morgan fingerprint density at radius 1 is 1.19 bits per heavy atom. The zero-order valence-corrected chi connectivity index (χ0v) is 20.2. The van der Waals surface area contributed by atoms with Gasteiger partial charge in [-0.1, -0.05) is 0 Å². The van der Waals surface area contributed by atoms with Gasteiger partial charge < -0.3 is 26.4 Å². The van der Waals surface area contributed by atoms with Gasteiger partial charge >= 0.3 is 0 Å². The minimum atomic E-state index is -1.33. The van der Waals surface area contributed by atoms with Crippen LogP contribution in [-0.4, -0.2) is 64.4 Å². The molecule has 4 atom stereocenters. The van der Waals surface area contributed by atoms with E-state index in [-0.39, 0.29) is 47.4 Å². The van der Waals surface area contributed by atoms with Crippen molar-refractivity contribution in [3.05, 3.63) is 45.5 Å². The summed E-state index contributed by atoms with van der Waals surface area (Å²) in [7, 11) is 3.29. The van der Waals surface area contributed by atoms with E-state index in [0.717, 1.165) is 19.4 Å². The molecule has 0 radical (unpaired) electrons. The van der Waals surface area contributed by atoms with E-state index in [1.54, 1.807) is 19.0 Å². The topological polar surface area (TPSA) is 153 Å². The predicted molar refractivity (Wildman–Crippen MR) is 127 cm³/mol. The lowest BCUT2D eigenvalue weighted by Gasteiger charge is -2.46. The lowest BCUT2D eigenvalue weighted by atomic mass is 9.59. The van der Waals surface area contributed by atoms with Gasteiger partial charge in [0.2, 0.25) is 0 Å². The molecule has 0 heterocycles. The third kappa shape index (κ3) is 3.70. The number of Topliss-reactive ketones (excluding diaryl/α,β-unsaturated/α-hetero) is 2. The Balaban J connectivity index is 1.56. The van der Waals surface area contributed by atoms with E-state index >= 15 is 4.39 Å². The van der Waals surface area contributed by atoms with Crippen LogP contribution >= 0.6 is 0 Å². The number of fused-ring (bicyclic) bond motifs is 3. The first-order valence-electron chi connectivity index (χ1n) is 12.2. The summed E-state index contributed by atoms with van der Waals surface area (Å²) in [6.07, 6.45) is 2.52. The number of phenols is 1. The van der Waals surface area contributed by atoms with E-state index in [1.165, 1.54) is 6.07 Å². The number of nitrogens with two attached hydrogens (primary N) is 1. The normalized spacial score (nSPS) is 27.8. The first-order chi connectivity index (χ1) is 17.0. The molecule has 1 amide bonds. The number of nitrogens with zero attached hydrogens (tertiary/aromatic N) is 1. The highest BCUT2D eigenvalue weighted by molar-refractivity contribution is 6.28. The van der Waals surface area contributed by atoms with Gasteiger partial charge in [0, 0.05) is 23.2 Å². The highest BCUT2D eigenvalue weighted by atomic mass is 19.1. The van der Waals surface area contributed by atoms with E-state index in [2.05, 4.69) is 5.32 Å². The molecule has 2 saturated carbocycles. The van der Waals surface area contributed by atoms with Gasteiger partial charge in [0.05, 0.1) is 17.5 Å². The molecule has 6 N–H and O–H groups in total. The fourth-order valence-electron chi connectivity index (χ4n) is 6.23. The lowest BCUT2D eigenvalue weighted by molar-refractivity contribution is -0.136. The Kier molecular flexibility index (Phi) is 5.91. The van der Waals surface area contributed by atoms with Crippen LogP contribution in [0.25, 0.3) is 5.76 Å². The molecule has 1 aromatic carbocycles. The minimum absolute atomic E-state index is 0.0427. The fourth-order valence-corrected chi connectivity index (χ4v) is 6.23. The first-order valence-corrected chi connectivity index (χ1v) is 12.2. The van der Waals surface area contributed by atoms with Crippen LogP contribution in [0.4, 0.5) is 4.39 Å². The van der Waals surface area contributed by atoms with Crippen LogP contribution in [0.15, 0.2) is 23.0 Å². The molecule has 4 aliphatic rings. The molecular weight excluding hydrogens is 469 g/mol. The maximum absolute atomic E-state index is 15.6. The van der Waals surface area contributed by atoms with Gasteiger partial charge in [-0.3, -0.25) is 19.3 Å². The molecule has 2 fully saturated rings. The molecule has 0 bridgehead atoms. The number of amides is 1. The van der Waals surface area contributed by atoms with Crippen LogP contribution in [0.2, 0.25) is 0 Å². The molecule has 5 rings (SSSR count). The zero-order valence-electron chi connectivity index (χ0n) is 20.2. The molecule has 10 heteroatoms. The third-order valence-corrected chi connectivity index (χ3v) is 8.02. The highest BCUT2D eigenvalue weighted by Crippen LogP contribution is 2.50. The molecule has 9 nitrogen and oxygen atoms in total.